The van der Waals surface area contributed by atoms with E-state index in [1.165, 1.54) is 54.6 Å². The fourth-order valence-corrected chi connectivity index (χ4v) is 2.10. The molecule has 0 aromatic heterocycles. The molecule has 0 radical (unpaired) electrons. The second kappa shape index (κ2) is 8.70. The third kappa shape index (κ3) is 5.66. The van der Waals surface area contributed by atoms with Gasteiger partial charge in [0.15, 0.2) is 0 Å². The molecule has 0 aliphatic heterocycles. The van der Waals surface area contributed by atoms with E-state index in [-0.39, 0.29) is 11.4 Å². The Morgan fingerprint density at radius 3 is 2.50 bits per heavy atom. The van der Waals surface area contributed by atoms with E-state index in [1.54, 1.807) is 13.0 Å². The van der Waals surface area contributed by atoms with Crippen LogP contribution in [-0.4, -0.2) is 17.5 Å². The minimum atomic E-state index is -2.90. The van der Waals surface area contributed by atoms with Crippen molar-refractivity contribution in [2.75, 3.05) is 0 Å². The lowest BCUT2D eigenvalue weighted by atomic mass is 10.1. The Kier molecular flexibility index (Phi) is 6.37. The van der Waals surface area contributed by atoms with Crippen LogP contribution in [0.25, 0.3) is 6.08 Å². The highest BCUT2D eigenvalue weighted by Gasteiger charge is 2.13. The Labute approximate surface area is 147 Å². The van der Waals surface area contributed by atoms with E-state index in [1.807, 2.05) is 0 Å². The molecule has 0 fully saturated rings. The third-order valence-electron chi connectivity index (χ3n) is 3.36. The number of hydrogen-bond acceptors (Lipinski definition) is 5. The largest absolute Gasteiger partial charge is 0.455 e. The van der Waals surface area contributed by atoms with Gasteiger partial charge in [-0.05, 0) is 36.3 Å². The van der Waals surface area contributed by atoms with Crippen LogP contribution in [0.2, 0.25) is 0 Å². The van der Waals surface area contributed by atoms with Gasteiger partial charge in [-0.1, -0.05) is 24.3 Å². The number of ether oxygens (including phenoxy) is 2. The molecule has 0 saturated heterocycles. The maximum absolute atomic E-state index is 12.1. The van der Waals surface area contributed by atoms with Crippen LogP contribution in [0, 0.1) is 10.1 Å². The monoisotopic (exact) mass is 363 g/mol. The van der Waals surface area contributed by atoms with Crippen LogP contribution in [0.4, 0.5) is 14.5 Å². The van der Waals surface area contributed by atoms with Crippen molar-refractivity contribution in [1.29, 1.82) is 0 Å². The first-order valence-corrected chi connectivity index (χ1v) is 7.53. The number of carbonyl (C=O) groups is 1. The number of esters is 1. The molecule has 0 N–H and O–H groups in total. The number of alkyl halides is 2. The van der Waals surface area contributed by atoms with Crippen LogP contribution in [0.5, 0.6) is 5.75 Å². The Morgan fingerprint density at radius 2 is 1.88 bits per heavy atom. The Balaban J connectivity index is 1.96. The molecule has 0 amide bonds. The van der Waals surface area contributed by atoms with Crippen LogP contribution in [0.15, 0.2) is 54.6 Å². The second-order valence-corrected chi connectivity index (χ2v) is 5.21. The van der Waals surface area contributed by atoms with Crippen molar-refractivity contribution in [3.8, 4) is 5.75 Å². The molecular formula is C18H15F2NO5. The first-order valence-electron chi connectivity index (χ1n) is 7.53. The normalized spacial score (nSPS) is 12.2. The third-order valence-corrected chi connectivity index (χ3v) is 3.36. The van der Waals surface area contributed by atoms with Gasteiger partial charge in [0.05, 0.1) is 4.92 Å². The van der Waals surface area contributed by atoms with Crippen LogP contribution >= 0.6 is 0 Å². The van der Waals surface area contributed by atoms with E-state index in [2.05, 4.69) is 4.74 Å². The van der Waals surface area contributed by atoms with Crippen molar-refractivity contribution >= 4 is 17.7 Å². The molecule has 0 spiro atoms. The number of nitrogens with zero attached hydrogens (tertiary/aromatic N) is 1. The molecule has 0 bridgehead atoms. The number of benzene rings is 2. The summed E-state index contributed by atoms with van der Waals surface area (Å²) in [6, 6.07) is 11.5. The fraction of sp³-hybridized carbons (Fsp3) is 0.167. The van der Waals surface area contributed by atoms with Crippen molar-refractivity contribution in [3.63, 3.8) is 0 Å². The average Bonchev–Trinajstić information content (AvgIpc) is 2.60. The van der Waals surface area contributed by atoms with Gasteiger partial charge in [0.25, 0.3) is 5.69 Å². The molecule has 0 unspecified atom stereocenters. The summed E-state index contributed by atoms with van der Waals surface area (Å²) in [5.41, 5.74) is 0.994. The number of nitro groups is 1. The number of carbonyl (C=O) groups excluding carboxylic acids is 1. The highest BCUT2D eigenvalue weighted by Crippen LogP contribution is 2.22. The fourth-order valence-electron chi connectivity index (χ4n) is 2.10. The summed E-state index contributed by atoms with van der Waals surface area (Å²) < 4.78 is 33.6. The number of rotatable bonds is 7. The Morgan fingerprint density at radius 1 is 1.19 bits per heavy atom. The van der Waals surface area contributed by atoms with Crippen molar-refractivity contribution in [2.24, 2.45) is 0 Å². The van der Waals surface area contributed by atoms with E-state index in [9.17, 15) is 23.7 Å². The first kappa shape index (κ1) is 19.0. The first-order chi connectivity index (χ1) is 12.3. The summed E-state index contributed by atoms with van der Waals surface area (Å²) in [6.07, 6.45) is 1.96. The summed E-state index contributed by atoms with van der Waals surface area (Å²) in [4.78, 5) is 22.1. The zero-order valence-electron chi connectivity index (χ0n) is 13.7. The molecule has 6 nitrogen and oxygen atoms in total. The van der Waals surface area contributed by atoms with E-state index >= 15 is 0 Å². The average molecular weight is 363 g/mol. The predicted octanol–water partition coefficient (Wildman–Crippen LogP) is 4.51. The molecule has 2 rings (SSSR count). The lowest BCUT2D eigenvalue weighted by molar-refractivity contribution is -0.385. The summed E-state index contributed by atoms with van der Waals surface area (Å²) >= 11 is 0. The lowest BCUT2D eigenvalue weighted by Gasteiger charge is -2.11. The molecule has 136 valence electrons. The number of nitro benzene ring substituents is 1. The molecule has 1 atom stereocenters. The second-order valence-electron chi connectivity index (χ2n) is 5.21. The number of halogens is 2. The van der Waals surface area contributed by atoms with Crippen molar-refractivity contribution < 1.29 is 28.0 Å². The summed E-state index contributed by atoms with van der Waals surface area (Å²) in [5, 5.41) is 10.8. The van der Waals surface area contributed by atoms with Gasteiger partial charge in [0.1, 0.15) is 11.9 Å². The quantitative estimate of drug-likeness (QED) is 0.313. The maximum Gasteiger partial charge on any atom is 0.387 e. The van der Waals surface area contributed by atoms with Gasteiger partial charge in [0.2, 0.25) is 0 Å². The molecule has 8 heteroatoms. The van der Waals surface area contributed by atoms with Crippen molar-refractivity contribution in [1.82, 2.24) is 0 Å². The molecule has 0 aliphatic rings. The molecule has 2 aromatic carbocycles. The molecule has 0 aliphatic carbocycles. The molecule has 26 heavy (non-hydrogen) atoms. The van der Waals surface area contributed by atoms with Crippen LogP contribution in [0.1, 0.15) is 24.2 Å². The molecule has 0 saturated carbocycles. The van der Waals surface area contributed by atoms with Crippen LogP contribution < -0.4 is 4.74 Å². The highest BCUT2D eigenvalue weighted by atomic mass is 19.3. The number of non-ortho nitro benzene ring substituents is 1. The van der Waals surface area contributed by atoms with Gasteiger partial charge >= 0.3 is 12.6 Å². The summed E-state index contributed by atoms with van der Waals surface area (Å²) in [6.45, 7) is -1.30. The molecular weight excluding hydrogens is 348 g/mol. The van der Waals surface area contributed by atoms with Gasteiger partial charge in [-0.15, -0.1) is 0 Å². The van der Waals surface area contributed by atoms with E-state index in [4.69, 9.17) is 4.74 Å². The molecule has 0 heterocycles. The van der Waals surface area contributed by atoms with Gasteiger partial charge in [-0.25, -0.2) is 4.79 Å². The highest BCUT2D eigenvalue weighted by molar-refractivity contribution is 5.87. The van der Waals surface area contributed by atoms with Gasteiger partial charge in [-0.3, -0.25) is 10.1 Å². The Bertz CT molecular complexity index is 805. The lowest BCUT2D eigenvalue weighted by Crippen LogP contribution is -2.06. The predicted molar refractivity (Wildman–Crippen MR) is 89.7 cm³/mol. The zero-order chi connectivity index (χ0) is 19.1. The van der Waals surface area contributed by atoms with Crippen molar-refractivity contribution in [2.45, 2.75) is 19.6 Å². The molecule has 2 aromatic rings. The smallest absolute Gasteiger partial charge is 0.387 e. The van der Waals surface area contributed by atoms with E-state index in [0.29, 0.717) is 11.1 Å². The van der Waals surface area contributed by atoms with Gasteiger partial charge < -0.3 is 9.47 Å². The van der Waals surface area contributed by atoms with Crippen molar-refractivity contribution in [3.05, 3.63) is 75.8 Å². The number of hydrogen-bond donors (Lipinski definition) is 0. The van der Waals surface area contributed by atoms with E-state index in [0.717, 1.165) is 0 Å². The standard InChI is InChI=1S/C18H15F2NO5/c1-12(14-3-2-4-15(11-14)21(23)24)25-17(22)10-7-13-5-8-16(9-6-13)26-18(19)20/h2-12,18H,1H3/b10-7+/t12-/m1/s1. The van der Waals surface area contributed by atoms with Gasteiger partial charge in [-0.2, -0.15) is 8.78 Å². The summed E-state index contributed by atoms with van der Waals surface area (Å²) in [5.74, 6) is -0.629. The minimum Gasteiger partial charge on any atom is -0.455 e. The SMILES string of the molecule is C[C@@H](OC(=O)/C=C/c1ccc(OC(F)F)cc1)c1cccc([N+](=O)[O-])c1. The van der Waals surface area contributed by atoms with Crippen LogP contribution in [-0.2, 0) is 9.53 Å². The topological polar surface area (TPSA) is 78.7 Å². The van der Waals surface area contributed by atoms with E-state index < -0.39 is 23.6 Å². The maximum atomic E-state index is 12.1. The minimum absolute atomic E-state index is 0.0130. The summed E-state index contributed by atoms with van der Waals surface area (Å²) in [7, 11) is 0. The van der Waals surface area contributed by atoms with Gasteiger partial charge in [0, 0.05) is 18.2 Å². The zero-order valence-corrected chi connectivity index (χ0v) is 13.7. The Hall–Kier alpha value is -3.29. The van der Waals surface area contributed by atoms with Crippen LogP contribution in [0.3, 0.4) is 0 Å².